The maximum atomic E-state index is 13.4. The number of hydrogen-bond donors (Lipinski definition) is 1. The van der Waals surface area contributed by atoms with Crippen LogP contribution in [-0.4, -0.2) is 32.9 Å². The summed E-state index contributed by atoms with van der Waals surface area (Å²) >= 11 is 8.72. The number of nitrogens with zero attached hydrogens (tertiary/aromatic N) is 3. The molecule has 1 amide bonds. The molecule has 33 heavy (non-hydrogen) atoms. The average Bonchev–Trinajstić information content (AvgIpc) is 3.22. The van der Waals surface area contributed by atoms with Crippen molar-refractivity contribution in [3.05, 3.63) is 74.4 Å². The molecule has 1 N–H and O–H groups in total. The van der Waals surface area contributed by atoms with E-state index in [0.29, 0.717) is 31.2 Å². The number of anilines is 1. The van der Waals surface area contributed by atoms with Crippen LogP contribution in [0.2, 0.25) is 5.02 Å². The van der Waals surface area contributed by atoms with Crippen LogP contribution >= 0.6 is 34.7 Å². The van der Waals surface area contributed by atoms with Crippen LogP contribution in [0.25, 0.3) is 16.0 Å². The second-order valence-electron chi connectivity index (χ2n) is 6.80. The number of para-hydroxylation sites is 1. The van der Waals surface area contributed by atoms with Gasteiger partial charge in [0.1, 0.15) is 17.0 Å². The Kier molecular flexibility index (Phi) is 6.87. The minimum absolute atomic E-state index is 0.186. The third-order valence-corrected chi connectivity index (χ3v) is 6.98. The number of aromatic nitrogens is 3. The molecule has 0 bridgehead atoms. The van der Waals surface area contributed by atoms with Gasteiger partial charge in [0.15, 0.2) is 9.99 Å². The summed E-state index contributed by atoms with van der Waals surface area (Å²) in [5, 5.41) is 3.14. The topological polar surface area (TPSA) is 95.2 Å². The Morgan fingerprint density at radius 1 is 1.21 bits per heavy atom. The van der Waals surface area contributed by atoms with Crippen molar-refractivity contribution in [1.29, 1.82) is 0 Å². The number of benzene rings is 2. The number of carbonyl (C=O) groups excluding carboxylic acids is 1. The van der Waals surface area contributed by atoms with Crippen molar-refractivity contribution in [2.75, 3.05) is 18.2 Å². The first-order valence-electron chi connectivity index (χ1n) is 9.91. The highest BCUT2D eigenvalue weighted by molar-refractivity contribution is 8.01. The number of thioether (sulfide) groups is 1. The lowest BCUT2D eigenvalue weighted by atomic mass is 10.3. The summed E-state index contributed by atoms with van der Waals surface area (Å²) in [5.41, 5.74) is -0.138. The summed E-state index contributed by atoms with van der Waals surface area (Å²) in [7, 11) is 1.48. The van der Waals surface area contributed by atoms with E-state index >= 15 is 0 Å². The zero-order chi connectivity index (χ0) is 23.5. The van der Waals surface area contributed by atoms with Crippen molar-refractivity contribution in [1.82, 2.24) is 14.1 Å². The first kappa shape index (κ1) is 23.1. The molecule has 0 saturated carbocycles. The SMILES string of the molecule is CCSc1nc2c(s1)c(=O)n(-c1ccccc1)c(=O)n2CC(=O)Nc1cc(Cl)ccc1OC. The molecule has 2 aromatic carbocycles. The van der Waals surface area contributed by atoms with Gasteiger partial charge in [-0.05, 0) is 36.1 Å². The monoisotopic (exact) mass is 502 g/mol. The predicted octanol–water partition coefficient (Wildman–Crippen LogP) is 4.02. The molecule has 0 fully saturated rings. The molecule has 0 atom stereocenters. The largest absolute Gasteiger partial charge is 0.495 e. The minimum Gasteiger partial charge on any atom is -0.495 e. The highest BCUT2D eigenvalue weighted by Gasteiger charge is 2.21. The van der Waals surface area contributed by atoms with Crippen LogP contribution in [0.4, 0.5) is 5.69 Å². The van der Waals surface area contributed by atoms with Crippen molar-refractivity contribution in [3.8, 4) is 11.4 Å². The standard InChI is InChI=1S/C22H19ClN4O4S2/c1-3-32-21-25-19-18(33-21)20(29)27(14-7-5-4-6-8-14)22(30)26(19)12-17(28)24-15-11-13(23)9-10-16(15)31-2/h4-11H,3,12H2,1-2H3,(H,24,28). The summed E-state index contributed by atoms with van der Waals surface area (Å²) in [6.07, 6.45) is 0. The molecule has 0 aliphatic carbocycles. The molecule has 2 heterocycles. The molecule has 0 radical (unpaired) electrons. The fraction of sp³-hybridized carbons (Fsp3) is 0.182. The first-order chi connectivity index (χ1) is 15.9. The van der Waals surface area contributed by atoms with Gasteiger partial charge >= 0.3 is 5.69 Å². The Morgan fingerprint density at radius 2 is 1.97 bits per heavy atom. The van der Waals surface area contributed by atoms with Gasteiger partial charge in [0, 0.05) is 5.02 Å². The number of hydrogen-bond acceptors (Lipinski definition) is 7. The molecule has 0 unspecified atom stereocenters. The zero-order valence-corrected chi connectivity index (χ0v) is 20.1. The fourth-order valence-corrected chi connectivity index (χ4v) is 5.40. The quantitative estimate of drug-likeness (QED) is 0.383. The van der Waals surface area contributed by atoms with Gasteiger partial charge in [-0.15, -0.1) is 11.3 Å². The van der Waals surface area contributed by atoms with Gasteiger partial charge in [-0.25, -0.2) is 14.3 Å². The van der Waals surface area contributed by atoms with Gasteiger partial charge in [-0.2, -0.15) is 0 Å². The minimum atomic E-state index is -0.648. The third kappa shape index (κ3) is 4.68. The van der Waals surface area contributed by atoms with E-state index in [9.17, 15) is 14.4 Å². The molecule has 2 aromatic heterocycles. The van der Waals surface area contributed by atoms with Crippen LogP contribution < -0.4 is 21.3 Å². The number of methoxy groups -OCH3 is 1. The molecular weight excluding hydrogens is 484 g/mol. The number of thiazole rings is 1. The maximum Gasteiger partial charge on any atom is 0.337 e. The number of fused-ring (bicyclic) bond motifs is 1. The van der Waals surface area contributed by atoms with E-state index in [2.05, 4.69) is 10.3 Å². The van der Waals surface area contributed by atoms with Crippen LogP contribution in [0.1, 0.15) is 6.92 Å². The highest BCUT2D eigenvalue weighted by Crippen LogP contribution is 2.29. The van der Waals surface area contributed by atoms with Crippen molar-refractivity contribution < 1.29 is 9.53 Å². The highest BCUT2D eigenvalue weighted by atomic mass is 35.5. The molecule has 0 aliphatic heterocycles. The first-order valence-corrected chi connectivity index (χ1v) is 12.1. The average molecular weight is 503 g/mol. The Hall–Kier alpha value is -3.08. The number of rotatable bonds is 7. The maximum absolute atomic E-state index is 13.4. The fourth-order valence-electron chi connectivity index (χ4n) is 3.26. The van der Waals surface area contributed by atoms with Crippen molar-refractivity contribution in [3.63, 3.8) is 0 Å². The smallest absolute Gasteiger partial charge is 0.337 e. The van der Waals surface area contributed by atoms with E-state index in [1.54, 1.807) is 48.5 Å². The molecule has 0 aliphatic rings. The van der Waals surface area contributed by atoms with Gasteiger partial charge in [-0.1, -0.05) is 48.5 Å². The van der Waals surface area contributed by atoms with E-state index in [-0.39, 0.29) is 12.2 Å². The Labute approximate surface area is 201 Å². The van der Waals surface area contributed by atoms with Gasteiger partial charge < -0.3 is 10.1 Å². The lowest BCUT2D eigenvalue weighted by Gasteiger charge is -2.13. The van der Waals surface area contributed by atoms with Gasteiger partial charge in [0.25, 0.3) is 5.56 Å². The van der Waals surface area contributed by atoms with Crippen molar-refractivity contribution in [2.24, 2.45) is 0 Å². The Morgan fingerprint density at radius 3 is 2.67 bits per heavy atom. The number of ether oxygens (including phenoxy) is 1. The summed E-state index contributed by atoms with van der Waals surface area (Å²) in [6, 6.07) is 13.4. The van der Waals surface area contributed by atoms with Gasteiger partial charge in [0.05, 0.1) is 18.5 Å². The number of nitrogens with one attached hydrogen (secondary N) is 1. The second-order valence-corrected chi connectivity index (χ2v) is 9.75. The Bertz CT molecular complexity index is 1450. The molecule has 4 aromatic rings. The molecule has 4 rings (SSSR count). The Balaban J connectivity index is 1.82. The zero-order valence-electron chi connectivity index (χ0n) is 17.7. The van der Waals surface area contributed by atoms with E-state index in [0.717, 1.165) is 10.3 Å². The van der Waals surface area contributed by atoms with E-state index in [1.165, 1.54) is 34.8 Å². The summed E-state index contributed by atoms with van der Waals surface area (Å²) in [6.45, 7) is 1.62. The summed E-state index contributed by atoms with van der Waals surface area (Å²) < 4.78 is 8.51. The molecule has 0 spiro atoms. The lowest BCUT2D eigenvalue weighted by Crippen LogP contribution is -2.40. The van der Waals surface area contributed by atoms with Crippen LogP contribution in [0, 0.1) is 0 Å². The second kappa shape index (κ2) is 9.82. The van der Waals surface area contributed by atoms with Crippen LogP contribution in [-0.2, 0) is 11.3 Å². The summed E-state index contributed by atoms with van der Waals surface area (Å²) in [4.78, 5) is 44.0. The number of halogens is 1. The normalized spacial score (nSPS) is 11.0. The van der Waals surface area contributed by atoms with Crippen LogP contribution in [0.15, 0.2) is 62.5 Å². The molecule has 170 valence electrons. The van der Waals surface area contributed by atoms with Crippen molar-refractivity contribution in [2.45, 2.75) is 17.8 Å². The molecule has 11 heteroatoms. The number of carbonyl (C=O) groups is 1. The lowest BCUT2D eigenvalue weighted by molar-refractivity contribution is -0.116. The molecule has 8 nitrogen and oxygen atoms in total. The van der Waals surface area contributed by atoms with Crippen LogP contribution in [0.3, 0.4) is 0 Å². The molecular formula is C22H19ClN4O4S2. The predicted molar refractivity (Wildman–Crippen MR) is 133 cm³/mol. The summed E-state index contributed by atoms with van der Waals surface area (Å²) in [5.74, 6) is 0.691. The molecule has 0 saturated heterocycles. The van der Waals surface area contributed by atoms with Gasteiger partial charge in [0.2, 0.25) is 5.91 Å². The van der Waals surface area contributed by atoms with E-state index in [4.69, 9.17) is 16.3 Å². The van der Waals surface area contributed by atoms with E-state index < -0.39 is 17.2 Å². The van der Waals surface area contributed by atoms with Crippen LogP contribution in [0.5, 0.6) is 5.75 Å². The van der Waals surface area contributed by atoms with E-state index in [1.807, 2.05) is 6.92 Å². The number of amides is 1. The van der Waals surface area contributed by atoms with Crippen molar-refractivity contribution >= 4 is 56.6 Å². The third-order valence-electron chi connectivity index (χ3n) is 4.68. The van der Waals surface area contributed by atoms with Gasteiger partial charge in [-0.3, -0.25) is 14.2 Å².